The summed E-state index contributed by atoms with van der Waals surface area (Å²) in [6.07, 6.45) is 4.75. The van der Waals surface area contributed by atoms with Crippen molar-refractivity contribution in [3.05, 3.63) is 36.4 Å². The fourth-order valence-electron chi connectivity index (χ4n) is 1.93. The molecule has 0 aliphatic rings. The number of phenols is 1. The van der Waals surface area contributed by atoms with Crippen molar-refractivity contribution in [1.29, 1.82) is 0 Å². The molecule has 0 heterocycles. The molecule has 19 heavy (non-hydrogen) atoms. The number of carbonyl (C=O) groups excluding carboxylic acids is 1. The highest BCUT2D eigenvalue weighted by atomic mass is 16.5. The van der Waals surface area contributed by atoms with E-state index in [1.807, 2.05) is 12.1 Å². The summed E-state index contributed by atoms with van der Waals surface area (Å²) >= 11 is 0. The summed E-state index contributed by atoms with van der Waals surface area (Å²) in [6, 6.07) is 10.4. The van der Waals surface area contributed by atoms with Crippen LogP contribution < -0.4 is 4.90 Å². The molecular formula is C15H13NO3. The minimum atomic E-state index is -0.534. The molecule has 0 spiro atoms. The van der Waals surface area contributed by atoms with E-state index in [1.54, 1.807) is 24.3 Å². The molecule has 0 saturated carbocycles. The second-order valence-electron chi connectivity index (χ2n) is 3.94. The Balaban J connectivity index is 2.62. The van der Waals surface area contributed by atoms with Gasteiger partial charge < -0.3 is 9.84 Å². The van der Waals surface area contributed by atoms with Gasteiger partial charge in [0.05, 0.1) is 19.3 Å². The number of ether oxygens (including phenoxy) is 1. The van der Waals surface area contributed by atoms with Crippen LogP contribution in [0.5, 0.6) is 5.75 Å². The Bertz CT molecular complexity index is 658. The normalized spacial score (nSPS) is 9.89. The summed E-state index contributed by atoms with van der Waals surface area (Å²) in [5.41, 5.74) is 0.609. The van der Waals surface area contributed by atoms with Crippen LogP contribution >= 0.6 is 0 Å². The second-order valence-corrected chi connectivity index (χ2v) is 3.94. The summed E-state index contributed by atoms with van der Waals surface area (Å²) in [7, 11) is 1.30. The van der Waals surface area contributed by atoms with Crippen molar-refractivity contribution in [3.63, 3.8) is 0 Å². The van der Waals surface area contributed by atoms with Crippen LogP contribution in [0.15, 0.2) is 36.4 Å². The largest absolute Gasteiger partial charge is 0.508 e. The number of rotatable bonds is 2. The molecule has 0 bridgehead atoms. The number of anilines is 1. The second kappa shape index (κ2) is 5.32. The van der Waals surface area contributed by atoms with Crippen molar-refractivity contribution in [1.82, 2.24) is 0 Å². The van der Waals surface area contributed by atoms with E-state index in [9.17, 15) is 9.90 Å². The lowest BCUT2D eigenvalue weighted by Gasteiger charge is -2.20. The average molecular weight is 255 g/mol. The smallest absolute Gasteiger partial charge is 0.414 e. The molecule has 1 amide bonds. The summed E-state index contributed by atoms with van der Waals surface area (Å²) in [5, 5.41) is 11.2. The van der Waals surface area contributed by atoms with Crippen molar-refractivity contribution < 1.29 is 14.6 Å². The summed E-state index contributed by atoms with van der Waals surface area (Å²) in [6.45, 7) is 0.0987. The fourth-order valence-corrected chi connectivity index (χ4v) is 1.93. The predicted octanol–water partition coefficient (Wildman–Crippen LogP) is 2.75. The summed E-state index contributed by atoms with van der Waals surface area (Å²) in [4.78, 5) is 13.1. The lowest BCUT2D eigenvalue weighted by atomic mass is 10.1. The number of hydrogen-bond donors (Lipinski definition) is 1. The Kier molecular flexibility index (Phi) is 3.58. The molecule has 0 aliphatic heterocycles. The van der Waals surface area contributed by atoms with Crippen LogP contribution in [0.1, 0.15) is 0 Å². The number of fused-ring (bicyclic) bond motifs is 1. The Labute approximate surface area is 111 Å². The van der Waals surface area contributed by atoms with E-state index in [0.29, 0.717) is 5.69 Å². The molecule has 2 rings (SSSR count). The third kappa shape index (κ3) is 2.45. The Morgan fingerprint density at radius 3 is 2.89 bits per heavy atom. The van der Waals surface area contributed by atoms with Gasteiger partial charge in [-0.3, -0.25) is 4.90 Å². The maximum Gasteiger partial charge on any atom is 0.414 e. The van der Waals surface area contributed by atoms with Gasteiger partial charge in [0.1, 0.15) is 5.75 Å². The molecule has 2 aromatic carbocycles. The maximum absolute atomic E-state index is 11.8. The number of carbonyl (C=O) groups is 1. The minimum absolute atomic E-state index is 0.0987. The maximum atomic E-state index is 11.8. The monoisotopic (exact) mass is 255 g/mol. The van der Waals surface area contributed by atoms with Crippen molar-refractivity contribution in [2.75, 3.05) is 18.6 Å². The third-order valence-electron chi connectivity index (χ3n) is 2.78. The topological polar surface area (TPSA) is 49.8 Å². The first-order chi connectivity index (χ1) is 9.17. The highest BCUT2D eigenvalue weighted by molar-refractivity contribution is 6.02. The van der Waals surface area contributed by atoms with Gasteiger partial charge >= 0.3 is 6.09 Å². The van der Waals surface area contributed by atoms with Gasteiger partial charge in [0, 0.05) is 5.39 Å². The van der Waals surface area contributed by atoms with Crippen LogP contribution in [0, 0.1) is 12.3 Å². The van der Waals surface area contributed by atoms with E-state index in [2.05, 4.69) is 5.92 Å². The van der Waals surface area contributed by atoms with Gasteiger partial charge in [-0.25, -0.2) is 4.79 Å². The van der Waals surface area contributed by atoms with E-state index >= 15 is 0 Å². The standard InChI is InChI=1S/C15H13NO3/c1-3-9-16(15(18)19-2)14-6-4-5-11-7-8-12(17)10-13(11)14/h1,4-8,10,17H,9H2,2H3. The highest BCUT2D eigenvalue weighted by Gasteiger charge is 2.17. The fraction of sp³-hybridized carbons (Fsp3) is 0.133. The molecule has 0 unspecified atom stereocenters. The van der Waals surface area contributed by atoms with Crippen LogP contribution in [0.3, 0.4) is 0 Å². The van der Waals surface area contributed by atoms with Gasteiger partial charge in [-0.05, 0) is 23.6 Å². The van der Waals surface area contributed by atoms with Crippen molar-refractivity contribution in [2.24, 2.45) is 0 Å². The number of phenolic OH excluding ortho intramolecular Hbond substituents is 1. The zero-order valence-corrected chi connectivity index (χ0v) is 10.5. The van der Waals surface area contributed by atoms with E-state index in [0.717, 1.165) is 10.8 Å². The molecular weight excluding hydrogens is 242 g/mol. The molecule has 0 radical (unpaired) electrons. The van der Waals surface area contributed by atoms with Gasteiger partial charge in [-0.1, -0.05) is 24.1 Å². The first-order valence-corrected chi connectivity index (χ1v) is 5.68. The number of terminal acetylenes is 1. The number of nitrogens with zero attached hydrogens (tertiary/aromatic N) is 1. The van der Waals surface area contributed by atoms with Gasteiger partial charge in [0.15, 0.2) is 0 Å². The van der Waals surface area contributed by atoms with Crippen LogP contribution in [0.25, 0.3) is 10.8 Å². The van der Waals surface area contributed by atoms with Crippen LogP contribution in [0.2, 0.25) is 0 Å². The first-order valence-electron chi connectivity index (χ1n) is 5.68. The quantitative estimate of drug-likeness (QED) is 0.839. The molecule has 0 atom stereocenters. The molecule has 0 aromatic heterocycles. The summed E-state index contributed by atoms with van der Waals surface area (Å²) in [5.74, 6) is 2.55. The van der Waals surface area contributed by atoms with Crippen molar-refractivity contribution in [2.45, 2.75) is 0 Å². The van der Waals surface area contributed by atoms with E-state index in [4.69, 9.17) is 11.2 Å². The predicted molar refractivity (Wildman–Crippen MR) is 74.2 cm³/mol. The van der Waals surface area contributed by atoms with Crippen molar-refractivity contribution >= 4 is 22.6 Å². The molecule has 4 nitrogen and oxygen atoms in total. The van der Waals surface area contributed by atoms with Crippen molar-refractivity contribution in [3.8, 4) is 18.1 Å². The third-order valence-corrected chi connectivity index (χ3v) is 2.78. The highest BCUT2D eigenvalue weighted by Crippen LogP contribution is 2.29. The Hall–Kier alpha value is -2.67. The molecule has 2 aromatic rings. The van der Waals surface area contributed by atoms with Gasteiger partial charge in [0.2, 0.25) is 0 Å². The molecule has 1 N–H and O–H groups in total. The van der Waals surface area contributed by atoms with Crippen LogP contribution in [0.4, 0.5) is 10.5 Å². The van der Waals surface area contributed by atoms with Gasteiger partial charge in [-0.2, -0.15) is 0 Å². The number of methoxy groups -OCH3 is 1. The molecule has 0 saturated heterocycles. The van der Waals surface area contributed by atoms with Crippen LogP contribution in [-0.4, -0.2) is 24.9 Å². The first kappa shape index (κ1) is 12.8. The van der Waals surface area contributed by atoms with Gasteiger partial charge in [-0.15, -0.1) is 6.42 Å². The number of amides is 1. The molecule has 4 heteroatoms. The number of aromatic hydroxyl groups is 1. The molecule has 0 aliphatic carbocycles. The Morgan fingerprint density at radius 2 is 2.21 bits per heavy atom. The average Bonchev–Trinajstić information content (AvgIpc) is 2.43. The van der Waals surface area contributed by atoms with Crippen LogP contribution in [-0.2, 0) is 4.74 Å². The Morgan fingerprint density at radius 1 is 1.42 bits per heavy atom. The lowest BCUT2D eigenvalue weighted by molar-refractivity contribution is 0.179. The van der Waals surface area contributed by atoms with E-state index in [1.165, 1.54) is 12.0 Å². The number of benzene rings is 2. The lowest BCUT2D eigenvalue weighted by Crippen LogP contribution is -2.31. The minimum Gasteiger partial charge on any atom is -0.508 e. The van der Waals surface area contributed by atoms with E-state index < -0.39 is 6.09 Å². The SMILES string of the molecule is C#CCN(C(=O)OC)c1cccc2ccc(O)cc12. The summed E-state index contributed by atoms with van der Waals surface area (Å²) < 4.78 is 4.73. The van der Waals surface area contributed by atoms with Gasteiger partial charge in [0.25, 0.3) is 0 Å². The molecule has 0 fully saturated rings. The number of hydrogen-bond acceptors (Lipinski definition) is 3. The van der Waals surface area contributed by atoms with E-state index in [-0.39, 0.29) is 12.3 Å². The molecule has 96 valence electrons. The zero-order chi connectivity index (χ0) is 13.8. The zero-order valence-electron chi connectivity index (χ0n) is 10.5.